The Morgan fingerprint density at radius 2 is 1.65 bits per heavy atom. The maximum atomic E-state index is 13.3. The van der Waals surface area contributed by atoms with Crippen LogP contribution in [0.5, 0.6) is 0 Å². The molecule has 2 rings (SSSR count). The first kappa shape index (κ1) is 12.4. The summed E-state index contributed by atoms with van der Waals surface area (Å²) in [6, 6.07) is 5.73. The summed E-state index contributed by atoms with van der Waals surface area (Å²) in [6.07, 6.45) is 9.11. The summed E-state index contributed by atoms with van der Waals surface area (Å²) in [4.78, 5) is 0. The van der Waals surface area contributed by atoms with Crippen molar-refractivity contribution in [1.82, 2.24) is 0 Å². The van der Waals surface area contributed by atoms with Crippen molar-refractivity contribution in [3.05, 3.63) is 29.6 Å². The fourth-order valence-corrected chi connectivity index (χ4v) is 2.66. The van der Waals surface area contributed by atoms with Gasteiger partial charge in [0.25, 0.3) is 0 Å². The SMILES string of the molecule is Cc1cc(F)cc(NC2CCCCCCC2)c1. The molecular weight excluding hydrogens is 213 g/mol. The number of benzene rings is 1. The van der Waals surface area contributed by atoms with E-state index in [-0.39, 0.29) is 5.82 Å². The molecule has 0 unspecified atom stereocenters. The van der Waals surface area contributed by atoms with Gasteiger partial charge in [0, 0.05) is 11.7 Å². The number of hydrogen-bond donors (Lipinski definition) is 1. The molecule has 1 aliphatic carbocycles. The molecule has 0 aliphatic heterocycles. The third kappa shape index (κ3) is 4.03. The summed E-state index contributed by atoms with van der Waals surface area (Å²) < 4.78 is 13.3. The summed E-state index contributed by atoms with van der Waals surface area (Å²) in [5, 5.41) is 3.49. The van der Waals surface area contributed by atoms with E-state index >= 15 is 0 Å². The van der Waals surface area contributed by atoms with Crippen LogP contribution in [0.15, 0.2) is 18.2 Å². The van der Waals surface area contributed by atoms with Crippen molar-refractivity contribution in [1.29, 1.82) is 0 Å². The van der Waals surface area contributed by atoms with Gasteiger partial charge in [-0.2, -0.15) is 0 Å². The fraction of sp³-hybridized carbons (Fsp3) is 0.600. The lowest BCUT2D eigenvalue weighted by Gasteiger charge is -2.22. The number of rotatable bonds is 2. The Morgan fingerprint density at radius 3 is 2.29 bits per heavy atom. The van der Waals surface area contributed by atoms with Crippen LogP contribution >= 0.6 is 0 Å². The van der Waals surface area contributed by atoms with Gasteiger partial charge in [0.05, 0.1) is 0 Å². The van der Waals surface area contributed by atoms with Gasteiger partial charge in [-0.05, 0) is 43.5 Å². The summed E-state index contributed by atoms with van der Waals surface area (Å²) in [7, 11) is 0. The molecule has 0 spiro atoms. The Kier molecular flexibility index (Phi) is 4.41. The lowest BCUT2D eigenvalue weighted by atomic mass is 9.96. The van der Waals surface area contributed by atoms with E-state index in [9.17, 15) is 4.39 Å². The van der Waals surface area contributed by atoms with Crippen LogP contribution < -0.4 is 5.32 Å². The standard InChI is InChI=1S/C15H22FN/c1-12-9-13(16)11-15(10-12)17-14-7-5-3-2-4-6-8-14/h9-11,14,17H,2-8H2,1H3. The van der Waals surface area contributed by atoms with E-state index < -0.39 is 0 Å². The number of aryl methyl sites for hydroxylation is 1. The maximum absolute atomic E-state index is 13.3. The largest absolute Gasteiger partial charge is 0.382 e. The zero-order chi connectivity index (χ0) is 12.1. The van der Waals surface area contributed by atoms with Gasteiger partial charge in [-0.3, -0.25) is 0 Å². The molecule has 2 heteroatoms. The first-order valence-corrected chi connectivity index (χ1v) is 6.78. The maximum Gasteiger partial charge on any atom is 0.125 e. The zero-order valence-corrected chi connectivity index (χ0v) is 10.6. The van der Waals surface area contributed by atoms with Crippen molar-refractivity contribution in [3.8, 4) is 0 Å². The Hall–Kier alpha value is -1.05. The van der Waals surface area contributed by atoms with Gasteiger partial charge in [0.15, 0.2) is 0 Å². The summed E-state index contributed by atoms with van der Waals surface area (Å²) in [6.45, 7) is 1.94. The number of nitrogens with one attached hydrogen (secondary N) is 1. The molecule has 1 N–H and O–H groups in total. The molecule has 94 valence electrons. The van der Waals surface area contributed by atoms with Crippen LogP contribution in [0.2, 0.25) is 0 Å². The molecule has 0 saturated heterocycles. The van der Waals surface area contributed by atoms with E-state index in [0.29, 0.717) is 6.04 Å². The first-order chi connectivity index (χ1) is 8.24. The van der Waals surface area contributed by atoms with Gasteiger partial charge in [-0.1, -0.05) is 32.1 Å². The van der Waals surface area contributed by atoms with Gasteiger partial charge >= 0.3 is 0 Å². The minimum Gasteiger partial charge on any atom is -0.382 e. The molecule has 1 saturated carbocycles. The van der Waals surface area contributed by atoms with Crippen LogP contribution in [-0.4, -0.2) is 6.04 Å². The number of anilines is 1. The average Bonchev–Trinajstić information content (AvgIpc) is 2.20. The third-order valence-corrected chi connectivity index (χ3v) is 3.52. The van der Waals surface area contributed by atoms with Gasteiger partial charge < -0.3 is 5.32 Å². The van der Waals surface area contributed by atoms with Crippen molar-refractivity contribution >= 4 is 5.69 Å². The van der Waals surface area contributed by atoms with Crippen LogP contribution in [-0.2, 0) is 0 Å². The second kappa shape index (κ2) is 6.04. The topological polar surface area (TPSA) is 12.0 Å². The normalized spacial score (nSPS) is 18.5. The highest BCUT2D eigenvalue weighted by atomic mass is 19.1. The van der Waals surface area contributed by atoms with Crippen molar-refractivity contribution in [3.63, 3.8) is 0 Å². The van der Waals surface area contributed by atoms with Crippen LogP contribution in [0.25, 0.3) is 0 Å². The molecule has 0 aromatic heterocycles. The van der Waals surface area contributed by atoms with Crippen LogP contribution in [0.1, 0.15) is 50.5 Å². The quantitative estimate of drug-likeness (QED) is 0.786. The van der Waals surface area contributed by atoms with Gasteiger partial charge in [-0.15, -0.1) is 0 Å². The van der Waals surface area contributed by atoms with Crippen LogP contribution in [0, 0.1) is 12.7 Å². The second-order valence-electron chi connectivity index (χ2n) is 5.20. The molecule has 0 atom stereocenters. The predicted molar refractivity (Wildman–Crippen MR) is 70.9 cm³/mol. The van der Waals surface area contributed by atoms with E-state index in [0.717, 1.165) is 11.3 Å². The molecule has 0 bridgehead atoms. The van der Waals surface area contributed by atoms with Crippen molar-refractivity contribution < 1.29 is 4.39 Å². The Bertz CT molecular complexity index is 334. The number of halogens is 1. The highest BCUT2D eigenvalue weighted by Gasteiger charge is 2.11. The van der Waals surface area contributed by atoms with E-state index in [1.54, 1.807) is 12.1 Å². The molecule has 1 fully saturated rings. The zero-order valence-electron chi connectivity index (χ0n) is 10.6. The van der Waals surface area contributed by atoms with Crippen LogP contribution in [0.3, 0.4) is 0 Å². The van der Waals surface area contributed by atoms with Crippen LogP contribution in [0.4, 0.5) is 10.1 Å². The highest BCUT2D eigenvalue weighted by molar-refractivity contribution is 5.46. The first-order valence-electron chi connectivity index (χ1n) is 6.78. The lowest BCUT2D eigenvalue weighted by Crippen LogP contribution is -2.20. The van der Waals surface area contributed by atoms with E-state index in [4.69, 9.17) is 0 Å². The molecule has 0 heterocycles. The van der Waals surface area contributed by atoms with Gasteiger partial charge in [0.2, 0.25) is 0 Å². The van der Waals surface area contributed by atoms with E-state index in [2.05, 4.69) is 5.32 Å². The number of hydrogen-bond acceptors (Lipinski definition) is 1. The molecule has 1 aromatic carbocycles. The van der Waals surface area contributed by atoms with Crippen molar-refractivity contribution in [2.75, 3.05) is 5.32 Å². The van der Waals surface area contributed by atoms with Gasteiger partial charge in [-0.25, -0.2) is 4.39 Å². The Labute approximate surface area is 103 Å². The second-order valence-corrected chi connectivity index (χ2v) is 5.20. The molecule has 1 aliphatic rings. The molecule has 0 amide bonds. The summed E-state index contributed by atoms with van der Waals surface area (Å²) >= 11 is 0. The molecular formula is C15H22FN. The van der Waals surface area contributed by atoms with Gasteiger partial charge in [0.1, 0.15) is 5.82 Å². The van der Waals surface area contributed by atoms with Crippen molar-refractivity contribution in [2.24, 2.45) is 0 Å². The monoisotopic (exact) mass is 235 g/mol. The third-order valence-electron chi connectivity index (χ3n) is 3.52. The summed E-state index contributed by atoms with van der Waals surface area (Å²) in [5.74, 6) is -0.140. The average molecular weight is 235 g/mol. The van der Waals surface area contributed by atoms with E-state index in [1.807, 2.05) is 13.0 Å². The Balaban J connectivity index is 1.97. The molecule has 1 nitrogen and oxygen atoms in total. The predicted octanol–water partition coefficient (Wildman–Crippen LogP) is 4.66. The molecule has 17 heavy (non-hydrogen) atoms. The molecule has 1 aromatic rings. The smallest absolute Gasteiger partial charge is 0.125 e. The fourth-order valence-electron chi connectivity index (χ4n) is 2.66. The minimum absolute atomic E-state index is 0.140. The molecule has 0 radical (unpaired) electrons. The summed E-state index contributed by atoms with van der Waals surface area (Å²) in [5.41, 5.74) is 1.92. The minimum atomic E-state index is -0.140. The lowest BCUT2D eigenvalue weighted by molar-refractivity contribution is 0.471. The Morgan fingerprint density at radius 1 is 1.00 bits per heavy atom. The highest BCUT2D eigenvalue weighted by Crippen LogP contribution is 2.22. The van der Waals surface area contributed by atoms with E-state index in [1.165, 1.54) is 44.9 Å². The van der Waals surface area contributed by atoms with Crippen molar-refractivity contribution in [2.45, 2.75) is 57.9 Å².